The number of hydrogen-bond donors (Lipinski definition) is 3. The van der Waals surface area contributed by atoms with E-state index in [9.17, 15) is 24.8 Å². The molecule has 9 heteroatoms. The molecule has 0 bridgehead atoms. The molecule has 2 aromatic rings. The van der Waals surface area contributed by atoms with E-state index in [1.165, 1.54) is 12.1 Å². The normalized spacial score (nSPS) is 11.8. The quantitative estimate of drug-likeness (QED) is 0.395. The molecule has 1 atom stereocenters. The number of carbonyl (C=O) groups excluding carboxylic acids is 2. The molecule has 0 fully saturated rings. The maximum absolute atomic E-state index is 12.3. The van der Waals surface area contributed by atoms with Crippen molar-refractivity contribution in [2.45, 2.75) is 40.7 Å². The van der Waals surface area contributed by atoms with Crippen LogP contribution in [0, 0.1) is 37.8 Å². The number of benzene rings is 1. The number of H-pyrrole nitrogens is 1. The Bertz CT molecular complexity index is 946. The van der Waals surface area contributed by atoms with E-state index < -0.39 is 29.5 Å². The molecule has 0 unspecified atom stereocenters. The summed E-state index contributed by atoms with van der Waals surface area (Å²) in [7, 11) is 0. The number of nitro groups is 1. The van der Waals surface area contributed by atoms with Crippen LogP contribution >= 0.6 is 0 Å². The van der Waals surface area contributed by atoms with E-state index in [1.54, 1.807) is 34.6 Å². The summed E-state index contributed by atoms with van der Waals surface area (Å²) < 4.78 is 5.01. The van der Waals surface area contributed by atoms with E-state index in [0.717, 1.165) is 11.1 Å². The molecule has 0 saturated heterocycles. The van der Waals surface area contributed by atoms with Crippen molar-refractivity contribution >= 4 is 23.3 Å². The number of nitrogens with one attached hydrogen (secondary N) is 2. The molecule has 0 aliphatic heterocycles. The van der Waals surface area contributed by atoms with Crippen molar-refractivity contribution in [1.29, 1.82) is 0 Å². The number of aromatic nitrogens is 1. The summed E-state index contributed by atoms with van der Waals surface area (Å²) in [5.41, 5.74) is 3.24. The second kappa shape index (κ2) is 8.22. The minimum atomic E-state index is -0.758. The first-order chi connectivity index (χ1) is 13.0. The van der Waals surface area contributed by atoms with Crippen LogP contribution in [0.25, 0.3) is 0 Å². The van der Waals surface area contributed by atoms with Crippen molar-refractivity contribution in [3.05, 3.63) is 55.9 Å². The highest BCUT2D eigenvalue weighted by Crippen LogP contribution is 2.28. The fourth-order valence-electron chi connectivity index (χ4n) is 3.04. The minimum Gasteiger partial charge on any atom is -0.451 e. The molecule has 2 rings (SSSR count). The van der Waals surface area contributed by atoms with Gasteiger partial charge in [-0.05, 0) is 57.4 Å². The molecule has 0 aliphatic carbocycles. The van der Waals surface area contributed by atoms with Gasteiger partial charge in [0.1, 0.15) is 11.4 Å². The van der Waals surface area contributed by atoms with Gasteiger partial charge in [0.25, 0.3) is 11.6 Å². The molecular weight excluding hydrogens is 366 g/mol. The van der Waals surface area contributed by atoms with Crippen LogP contribution in [-0.2, 0) is 9.53 Å². The second-order valence-electron chi connectivity index (χ2n) is 6.67. The maximum Gasteiger partial charge on any atom is 0.355 e. The maximum atomic E-state index is 12.3. The summed E-state index contributed by atoms with van der Waals surface area (Å²) in [5, 5.41) is 23.4. The predicted molar refractivity (Wildman–Crippen MR) is 102 cm³/mol. The van der Waals surface area contributed by atoms with Crippen LogP contribution in [-0.4, -0.2) is 33.5 Å². The first-order valence-corrected chi connectivity index (χ1v) is 8.62. The number of aliphatic hydroxyl groups excluding tert-OH is 1. The Morgan fingerprint density at radius 1 is 1.25 bits per heavy atom. The molecule has 150 valence electrons. The summed E-state index contributed by atoms with van der Waals surface area (Å²) in [6.45, 7) is 7.87. The van der Waals surface area contributed by atoms with Gasteiger partial charge in [-0.2, -0.15) is 0 Å². The lowest BCUT2D eigenvalue weighted by molar-refractivity contribution is -0.384. The lowest BCUT2D eigenvalue weighted by Crippen LogP contribution is -2.22. The number of anilines is 1. The smallest absolute Gasteiger partial charge is 0.355 e. The highest BCUT2D eigenvalue weighted by Gasteiger charge is 2.22. The fourth-order valence-corrected chi connectivity index (χ4v) is 3.04. The number of amides is 1. The third-order valence-corrected chi connectivity index (χ3v) is 4.53. The predicted octanol–water partition coefficient (Wildman–Crippen LogP) is 3.01. The van der Waals surface area contributed by atoms with Crippen LogP contribution in [0.1, 0.15) is 51.5 Å². The second-order valence-corrected chi connectivity index (χ2v) is 6.67. The van der Waals surface area contributed by atoms with Gasteiger partial charge >= 0.3 is 5.97 Å². The molecule has 1 aromatic carbocycles. The van der Waals surface area contributed by atoms with Gasteiger partial charge in [-0.15, -0.1) is 0 Å². The number of aryl methyl sites for hydroxylation is 3. The Morgan fingerprint density at radius 3 is 2.39 bits per heavy atom. The zero-order valence-electron chi connectivity index (χ0n) is 16.4. The fraction of sp³-hybridized carbons (Fsp3) is 0.368. The molecular formula is C19H23N3O6. The first kappa shape index (κ1) is 21.1. The van der Waals surface area contributed by atoms with Crippen LogP contribution in [0.4, 0.5) is 11.4 Å². The van der Waals surface area contributed by atoms with E-state index in [4.69, 9.17) is 4.74 Å². The number of rotatable bonds is 6. The average Bonchev–Trinajstić information content (AvgIpc) is 2.90. The number of hydrogen-bond acceptors (Lipinski definition) is 6. The zero-order chi connectivity index (χ0) is 21.2. The van der Waals surface area contributed by atoms with Gasteiger partial charge in [-0.1, -0.05) is 0 Å². The zero-order valence-corrected chi connectivity index (χ0v) is 16.4. The van der Waals surface area contributed by atoms with Crippen molar-refractivity contribution in [2.24, 2.45) is 0 Å². The third kappa shape index (κ3) is 4.37. The van der Waals surface area contributed by atoms with Crippen LogP contribution in [0.5, 0.6) is 0 Å². The number of nitrogens with zero attached hydrogens (tertiary/aromatic N) is 1. The molecule has 1 heterocycles. The lowest BCUT2D eigenvalue weighted by atomic mass is 10.1. The molecule has 0 aliphatic rings. The number of ether oxygens (including phenoxy) is 1. The summed E-state index contributed by atoms with van der Waals surface area (Å²) in [6.07, 6.45) is -0.758. The van der Waals surface area contributed by atoms with Crippen LogP contribution < -0.4 is 5.32 Å². The Morgan fingerprint density at radius 2 is 1.86 bits per heavy atom. The standard InChI is InChI=1S/C19H23N3O6/c1-9-6-14(15(22(26)27)7-10(9)2)21-16(24)8-28-19(25)18-11(3)17(13(5)23)12(4)20-18/h6-7,13,20,23H,8H2,1-5H3,(H,21,24)/t13-/m1/s1. The summed E-state index contributed by atoms with van der Waals surface area (Å²) in [4.78, 5) is 37.8. The molecule has 1 aromatic heterocycles. The van der Waals surface area contributed by atoms with Crippen molar-refractivity contribution in [3.8, 4) is 0 Å². The van der Waals surface area contributed by atoms with Gasteiger partial charge in [0.2, 0.25) is 0 Å². The number of esters is 1. The molecule has 28 heavy (non-hydrogen) atoms. The van der Waals surface area contributed by atoms with Crippen molar-refractivity contribution in [2.75, 3.05) is 11.9 Å². The monoisotopic (exact) mass is 389 g/mol. The van der Waals surface area contributed by atoms with E-state index >= 15 is 0 Å². The number of carbonyl (C=O) groups is 2. The summed E-state index contributed by atoms with van der Waals surface area (Å²) in [6, 6.07) is 2.88. The van der Waals surface area contributed by atoms with Crippen LogP contribution in [0.2, 0.25) is 0 Å². The van der Waals surface area contributed by atoms with E-state index in [2.05, 4.69) is 10.3 Å². The van der Waals surface area contributed by atoms with Gasteiger partial charge in [0, 0.05) is 17.3 Å². The largest absolute Gasteiger partial charge is 0.451 e. The summed E-state index contributed by atoms with van der Waals surface area (Å²) >= 11 is 0. The van der Waals surface area contributed by atoms with Crippen LogP contribution in [0.15, 0.2) is 12.1 Å². The molecule has 0 saturated carbocycles. The molecule has 1 amide bonds. The van der Waals surface area contributed by atoms with Gasteiger partial charge in [0.15, 0.2) is 6.61 Å². The molecule has 9 nitrogen and oxygen atoms in total. The first-order valence-electron chi connectivity index (χ1n) is 8.62. The average molecular weight is 389 g/mol. The van der Waals surface area contributed by atoms with Crippen molar-refractivity contribution in [1.82, 2.24) is 4.98 Å². The Balaban J connectivity index is 2.10. The molecule has 0 spiro atoms. The number of nitro benzene ring substituents is 1. The minimum absolute atomic E-state index is 0.0393. The van der Waals surface area contributed by atoms with Crippen molar-refractivity contribution < 1.29 is 24.4 Å². The van der Waals surface area contributed by atoms with Gasteiger partial charge in [0.05, 0.1) is 11.0 Å². The van der Waals surface area contributed by atoms with Gasteiger partial charge in [-0.25, -0.2) is 4.79 Å². The topological polar surface area (TPSA) is 135 Å². The Kier molecular flexibility index (Phi) is 6.19. The number of aromatic amines is 1. The third-order valence-electron chi connectivity index (χ3n) is 4.53. The highest BCUT2D eigenvalue weighted by molar-refractivity contribution is 5.97. The Labute approximate surface area is 161 Å². The van der Waals surface area contributed by atoms with Crippen LogP contribution in [0.3, 0.4) is 0 Å². The van der Waals surface area contributed by atoms with E-state index in [-0.39, 0.29) is 17.1 Å². The lowest BCUT2D eigenvalue weighted by Gasteiger charge is -2.09. The summed E-state index contributed by atoms with van der Waals surface area (Å²) in [5.74, 6) is -1.45. The molecule has 0 radical (unpaired) electrons. The van der Waals surface area contributed by atoms with Gasteiger partial charge < -0.3 is 20.1 Å². The number of aliphatic hydroxyl groups is 1. The van der Waals surface area contributed by atoms with Gasteiger partial charge in [-0.3, -0.25) is 14.9 Å². The van der Waals surface area contributed by atoms with E-state index in [0.29, 0.717) is 16.8 Å². The highest BCUT2D eigenvalue weighted by atomic mass is 16.6. The SMILES string of the molecule is Cc1cc(NC(=O)COC(=O)c2[nH]c(C)c([C@@H](C)O)c2C)c([N+](=O)[O-])cc1C. The van der Waals surface area contributed by atoms with E-state index in [1.807, 2.05) is 0 Å². The van der Waals surface area contributed by atoms with Crippen molar-refractivity contribution in [3.63, 3.8) is 0 Å². The molecule has 3 N–H and O–H groups in total. The Hall–Kier alpha value is -3.20.